The number of hydrogen-bond acceptors (Lipinski definition) is 2. The first-order valence-electron chi connectivity index (χ1n) is 6.03. The van der Waals surface area contributed by atoms with E-state index in [0.717, 1.165) is 18.8 Å². The molecule has 0 spiro atoms. The highest BCUT2D eigenvalue weighted by atomic mass is 35.5. The van der Waals surface area contributed by atoms with Crippen molar-refractivity contribution in [1.29, 1.82) is 0 Å². The second-order valence-electron chi connectivity index (χ2n) is 4.61. The Morgan fingerprint density at radius 1 is 1.53 bits per heavy atom. The number of rotatable bonds is 4. The van der Waals surface area contributed by atoms with Crippen LogP contribution in [0.15, 0.2) is 12.1 Å². The molecule has 0 saturated heterocycles. The summed E-state index contributed by atoms with van der Waals surface area (Å²) in [6.07, 6.45) is 2.50. The second kappa shape index (κ2) is 5.05. The summed E-state index contributed by atoms with van der Waals surface area (Å²) < 4.78 is 0. The van der Waals surface area contributed by atoms with Crippen LogP contribution in [0.1, 0.15) is 35.8 Å². The maximum atomic E-state index is 12.3. The smallest absolute Gasteiger partial charge is 0.254 e. The van der Waals surface area contributed by atoms with Crippen LogP contribution >= 0.6 is 11.6 Å². The molecule has 92 valence electrons. The largest absolute Gasteiger partial charge is 0.339 e. The molecule has 0 N–H and O–H groups in total. The van der Waals surface area contributed by atoms with Gasteiger partial charge in [0.25, 0.3) is 5.91 Å². The first-order valence-corrected chi connectivity index (χ1v) is 6.41. The number of halogens is 1. The van der Waals surface area contributed by atoms with E-state index in [9.17, 15) is 4.79 Å². The van der Waals surface area contributed by atoms with Crippen molar-refractivity contribution in [1.82, 2.24) is 9.88 Å². The van der Waals surface area contributed by atoms with E-state index >= 15 is 0 Å². The van der Waals surface area contributed by atoms with Crippen LogP contribution < -0.4 is 0 Å². The van der Waals surface area contributed by atoms with Crippen molar-refractivity contribution in [3.05, 3.63) is 28.5 Å². The molecule has 4 heteroatoms. The van der Waals surface area contributed by atoms with Crippen LogP contribution in [0.2, 0.25) is 5.15 Å². The molecule has 1 fully saturated rings. The van der Waals surface area contributed by atoms with Gasteiger partial charge in [0.15, 0.2) is 0 Å². The van der Waals surface area contributed by atoms with Crippen LogP contribution in [0.3, 0.4) is 0 Å². The summed E-state index contributed by atoms with van der Waals surface area (Å²) in [6.45, 7) is 5.47. The molecule has 0 bridgehead atoms. The molecular formula is C13H17ClN2O. The maximum absolute atomic E-state index is 12.3. The average molecular weight is 253 g/mol. The Kier molecular flexibility index (Phi) is 3.67. The van der Waals surface area contributed by atoms with Crippen molar-refractivity contribution >= 4 is 17.5 Å². The van der Waals surface area contributed by atoms with Gasteiger partial charge in [-0.15, -0.1) is 0 Å². The summed E-state index contributed by atoms with van der Waals surface area (Å²) in [5, 5.41) is 0.385. The molecule has 1 aromatic heterocycles. The Hall–Kier alpha value is -1.09. The zero-order valence-electron chi connectivity index (χ0n) is 10.2. The third kappa shape index (κ3) is 3.19. The zero-order valence-corrected chi connectivity index (χ0v) is 11.0. The SMILES string of the molecule is CCN(CC1CC1)C(=O)c1cc(C)nc(Cl)c1. The molecule has 1 aliphatic carbocycles. The van der Waals surface area contributed by atoms with Crippen LogP contribution in [0, 0.1) is 12.8 Å². The first-order chi connectivity index (χ1) is 8.10. The fourth-order valence-electron chi connectivity index (χ4n) is 1.90. The number of carbonyl (C=O) groups is 1. The highest BCUT2D eigenvalue weighted by Crippen LogP contribution is 2.30. The molecule has 17 heavy (non-hydrogen) atoms. The molecule has 1 saturated carbocycles. The van der Waals surface area contributed by atoms with Gasteiger partial charge in [0.05, 0.1) is 0 Å². The lowest BCUT2D eigenvalue weighted by Crippen LogP contribution is -2.32. The quantitative estimate of drug-likeness (QED) is 0.772. The number of amides is 1. The predicted octanol–water partition coefficient (Wildman–Crippen LogP) is 2.92. The number of carbonyl (C=O) groups excluding carboxylic acids is 1. The minimum atomic E-state index is 0.0619. The standard InChI is InChI=1S/C13H17ClN2O/c1-3-16(8-10-4-5-10)13(17)11-6-9(2)15-12(14)7-11/h6-7,10H,3-5,8H2,1-2H3. The summed E-state index contributed by atoms with van der Waals surface area (Å²) in [6, 6.07) is 3.44. The van der Waals surface area contributed by atoms with Gasteiger partial charge in [0, 0.05) is 24.3 Å². The average Bonchev–Trinajstić information content (AvgIpc) is 3.07. The van der Waals surface area contributed by atoms with E-state index in [0.29, 0.717) is 16.6 Å². The van der Waals surface area contributed by atoms with Gasteiger partial charge < -0.3 is 4.90 Å². The highest BCUT2D eigenvalue weighted by molar-refractivity contribution is 6.29. The molecular weight excluding hydrogens is 236 g/mol. The normalized spacial score (nSPS) is 14.8. The van der Waals surface area contributed by atoms with Gasteiger partial charge in [-0.1, -0.05) is 11.6 Å². The van der Waals surface area contributed by atoms with E-state index in [1.807, 2.05) is 18.7 Å². The summed E-state index contributed by atoms with van der Waals surface area (Å²) in [5.74, 6) is 0.768. The third-order valence-electron chi connectivity index (χ3n) is 3.01. The van der Waals surface area contributed by atoms with Crippen molar-refractivity contribution in [3.63, 3.8) is 0 Å². The lowest BCUT2D eigenvalue weighted by Gasteiger charge is -2.20. The number of aromatic nitrogens is 1. The van der Waals surface area contributed by atoms with Gasteiger partial charge in [0.2, 0.25) is 0 Å². The van der Waals surface area contributed by atoms with Gasteiger partial charge in [-0.2, -0.15) is 0 Å². The first kappa shape index (κ1) is 12.4. The Labute approximate surface area is 107 Å². The van der Waals surface area contributed by atoms with Crippen LogP contribution in [-0.2, 0) is 0 Å². The minimum Gasteiger partial charge on any atom is -0.339 e. The lowest BCUT2D eigenvalue weighted by atomic mass is 10.2. The van der Waals surface area contributed by atoms with Crippen molar-refractivity contribution in [2.45, 2.75) is 26.7 Å². The molecule has 0 radical (unpaired) electrons. The molecule has 3 nitrogen and oxygen atoms in total. The molecule has 0 atom stereocenters. The fourth-order valence-corrected chi connectivity index (χ4v) is 2.15. The molecule has 1 heterocycles. The molecule has 0 aromatic carbocycles. The van der Waals surface area contributed by atoms with Crippen molar-refractivity contribution in [3.8, 4) is 0 Å². The highest BCUT2D eigenvalue weighted by Gasteiger charge is 2.26. The third-order valence-corrected chi connectivity index (χ3v) is 3.21. The number of pyridine rings is 1. The molecule has 0 aliphatic heterocycles. The second-order valence-corrected chi connectivity index (χ2v) is 4.99. The Morgan fingerprint density at radius 3 is 2.76 bits per heavy atom. The maximum Gasteiger partial charge on any atom is 0.254 e. The van der Waals surface area contributed by atoms with Crippen LogP contribution in [0.5, 0.6) is 0 Å². The zero-order chi connectivity index (χ0) is 12.4. The van der Waals surface area contributed by atoms with Crippen LogP contribution in [-0.4, -0.2) is 28.9 Å². The summed E-state index contributed by atoms with van der Waals surface area (Å²) in [7, 11) is 0. The van der Waals surface area contributed by atoms with Gasteiger partial charge in [-0.3, -0.25) is 4.79 Å². The van der Waals surface area contributed by atoms with Crippen molar-refractivity contribution in [2.75, 3.05) is 13.1 Å². The van der Waals surface area contributed by atoms with Gasteiger partial charge >= 0.3 is 0 Å². The van der Waals surface area contributed by atoms with Crippen molar-refractivity contribution in [2.24, 2.45) is 5.92 Å². The van der Waals surface area contributed by atoms with E-state index in [4.69, 9.17) is 11.6 Å². The van der Waals surface area contributed by atoms with Gasteiger partial charge in [-0.25, -0.2) is 4.98 Å². The Bertz CT molecular complexity index is 409. The number of aryl methyl sites for hydroxylation is 1. The molecule has 0 unspecified atom stereocenters. The van der Waals surface area contributed by atoms with E-state index in [1.165, 1.54) is 12.8 Å². The Morgan fingerprint density at radius 2 is 2.24 bits per heavy atom. The van der Waals surface area contributed by atoms with E-state index in [-0.39, 0.29) is 5.91 Å². The molecule has 2 rings (SSSR count). The summed E-state index contributed by atoms with van der Waals surface area (Å²) >= 11 is 5.88. The number of nitrogens with zero attached hydrogens (tertiary/aromatic N) is 2. The molecule has 1 aromatic rings. The monoisotopic (exact) mass is 252 g/mol. The summed E-state index contributed by atoms with van der Waals surface area (Å²) in [5.41, 5.74) is 1.42. The van der Waals surface area contributed by atoms with Crippen molar-refractivity contribution < 1.29 is 4.79 Å². The van der Waals surface area contributed by atoms with E-state index in [1.54, 1.807) is 12.1 Å². The van der Waals surface area contributed by atoms with Crippen LogP contribution in [0.4, 0.5) is 0 Å². The molecule has 1 amide bonds. The molecule has 1 aliphatic rings. The van der Waals surface area contributed by atoms with E-state index in [2.05, 4.69) is 4.98 Å². The van der Waals surface area contributed by atoms with Gasteiger partial charge in [0.1, 0.15) is 5.15 Å². The Balaban J connectivity index is 2.15. The van der Waals surface area contributed by atoms with Gasteiger partial charge in [-0.05, 0) is 44.7 Å². The number of hydrogen-bond donors (Lipinski definition) is 0. The van der Waals surface area contributed by atoms with E-state index < -0.39 is 0 Å². The fraction of sp³-hybridized carbons (Fsp3) is 0.538. The lowest BCUT2D eigenvalue weighted by molar-refractivity contribution is 0.0756. The minimum absolute atomic E-state index is 0.0619. The van der Waals surface area contributed by atoms with Crippen LogP contribution in [0.25, 0.3) is 0 Å². The summed E-state index contributed by atoms with van der Waals surface area (Å²) in [4.78, 5) is 18.2. The topological polar surface area (TPSA) is 33.2 Å². The predicted molar refractivity (Wildman–Crippen MR) is 68.3 cm³/mol.